The molecular weight excluding hydrogens is 182 g/mol. The Labute approximate surface area is 84.3 Å². The van der Waals surface area contributed by atoms with E-state index in [2.05, 4.69) is 5.32 Å². The number of amides is 1. The summed E-state index contributed by atoms with van der Waals surface area (Å²) in [6, 6.07) is -0.282. The van der Waals surface area contributed by atoms with Crippen molar-refractivity contribution in [3.05, 3.63) is 0 Å². The van der Waals surface area contributed by atoms with E-state index in [1.807, 2.05) is 0 Å². The van der Waals surface area contributed by atoms with Crippen LogP contribution in [0.5, 0.6) is 0 Å². The van der Waals surface area contributed by atoms with Gasteiger partial charge in [-0.3, -0.25) is 0 Å². The molecule has 0 bridgehead atoms. The summed E-state index contributed by atoms with van der Waals surface area (Å²) in [5.41, 5.74) is 0. The molecule has 0 saturated heterocycles. The number of nitrogens with one attached hydrogen (secondary N) is 1. The summed E-state index contributed by atoms with van der Waals surface area (Å²) in [7, 11) is 0. The highest BCUT2D eigenvalue weighted by Crippen LogP contribution is 2.27. The van der Waals surface area contributed by atoms with Crippen molar-refractivity contribution in [3.63, 3.8) is 0 Å². The van der Waals surface area contributed by atoms with E-state index in [1.54, 1.807) is 0 Å². The molecule has 0 radical (unpaired) electrons. The fourth-order valence-corrected chi connectivity index (χ4v) is 2.18. The van der Waals surface area contributed by atoms with Crippen LogP contribution in [0.25, 0.3) is 0 Å². The lowest BCUT2D eigenvalue weighted by Gasteiger charge is -2.25. The molecule has 1 saturated carbocycles. The number of carboxylic acid groups (broad SMARTS) is 1. The summed E-state index contributed by atoms with van der Waals surface area (Å²) < 4.78 is 0. The van der Waals surface area contributed by atoms with Crippen molar-refractivity contribution in [3.8, 4) is 0 Å². The minimum atomic E-state index is -1.04. The van der Waals surface area contributed by atoms with E-state index < -0.39 is 6.09 Å². The maximum atomic E-state index is 10.4. The van der Waals surface area contributed by atoms with Crippen molar-refractivity contribution in [1.82, 2.24) is 5.32 Å². The van der Waals surface area contributed by atoms with Gasteiger partial charge in [-0.05, 0) is 12.3 Å². The Morgan fingerprint density at radius 2 is 2.00 bits per heavy atom. The first kappa shape index (κ1) is 11.3. The second-order valence-corrected chi connectivity index (χ2v) is 4.07. The van der Waals surface area contributed by atoms with Crippen LogP contribution < -0.4 is 5.32 Å². The lowest BCUT2D eigenvalue weighted by Crippen LogP contribution is -2.38. The molecule has 1 aliphatic rings. The zero-order valence-electron chi connectivity index (χ0n) is 8.41. The van der Waals surface area contributed by atoms with Crippen molar-refractivity contribution in [2.45, 2.75) is 44.6 Å². The van der Waals surface area contributed by atoms with E-state index in [4.69, 9.17) is 10.2 Å². The van der Waals surface area contributed by atoms with Gasteiger partial charge < -0.3 is 15.5 Å². The number of hydrogen-bond acceptors (Lipinski definition) is 2. The van der Waals surface area contributed by atoms with Crippen LogP contribution in [0.15, 0.2) is 0 Å². The molecule has 4 heteroatoms. The molecule has 0 spiro atoms. The van der Waals surface area contributed by atoms with Crippen LogP contribution in [0.3, 0.4) is 0 Å². The van der Waals surface area contributed by atoms with Crippen LogP contribution in [-0.2, 0) is 0 Å². The molecule has 0 heterocycles. The summed E-state index contributed by atoms with van der Waals surface area (Å²) in [5, 5.41) is 19.8. The molecule has 0 aromatic rings. The third-order valence-corrected chi connectivity index (χ3v) is 2.89. The van der Waals surface area contributed by atoms with Crippen LogP contribution >= 0.6 is 0 Å². The summed E-state index contributed by atoms with van der Waals surface area (Å²) in [6.45, 7) is -0.0944. The maximum absolute atomic E-state index is 10.4. The van der Waals surface area contributed by atoms with Gasteiger partial charge in [-0.2, -0.15) is 0 Å². The largest absolute Gasteiger partial charge is 0.465 e. The Balaban J connectivity index is 2.27. The van der Waals surface area contributed by atoms with Crippen LogP contribution in [0, 0.1) is 5.92 Å². The quantitative estimate of drug-likeness (QED) is 0.647. The maximum Gasteiger partial charge on any atom is 0.404 e. The summed E-state index contributed by atoms with van der Waals surface area (Å²) >= 11 is 0. The minimum Gasteiger partial charge on any atom is -0.465 e. The Morgan fingerprint density at radius 1 is 1.36 bits per heavy atom. The molecule has 1 aliphatic carbocycles. The zero-order valence-corrected chi connectivity index (χ0v) is 8.41. The Morgan fingerprint density at radius 3 is 2.50 bits per heavy atom. The molecule has 0 aromatic heterocycles. The van der Waals surface area contributed by atoms with Gasteiger partial charge in [-0.1, -0.05) is 32.1 Å². The minimum absolute atomic E-state index is 0.0944. The van der Waals surface area contributed by atoms with E-state index in [0.717, 1.165) is 6.42 Å². The highest BCUT2D eigenvalue weighted by Gasteiger charge is 2.19. The predicted molar refractivity (Wildman–Crippen MR) is 53.2 cm³/mol. The van der Waals surface area contributed by atoms with Crippen LogP contribution in [0.2, 0.25) is 0 Å². The molecule has 1 rings (SSSR count). The average Bonchev–Trinajstić information content (AvgIpc) is 2.17. The molecule has 1 fully saturated rings. The van der Waals surface area contributed by atoms with E-state index in [-0.39, 0.29) is 12.6 Å². The standard InChI is InChI=1S/C10H19NO3/c12-7-9(11-10(13)14)6-8-4-2-1-3-5-8/h8-9,11-12H,1-7H2,(H,13,14)/t9-/m0/s1. The highest BCUT2D eigenvalue weighted by atomic mass is 16.4. The summed E-state index contributed by atoms with van der Waals surface area (Å²) in [5.74, 6) is 0.591. The third kappa shape index (κ3) is 3.96. The van der Waals surface area contributed by atoms with Gasteiger partial charge in [0.25, 0.3) is 0 Å². The Bertz CT molecular complexity index is 178. The van der Waals surface area contributed by atoms with Gasteiger partial charge in [0.15, 0.2) is 0 Å². The van der Waals surface area contributed by atoms with E-state index in [9.17, 15) is 4.79 Å². The average molecular weight is 201 g/mol. The topological polar surface area (TPSA) is 69.6 Å². The van der Waals surface area contributed by atoms with Gasteiger partial charge in [0, 0.05) is 0 Å². The molecule has 0 aliphatic heterocycles. The van der Waals surface area contributed by atoms with E-state index >= 15 is 0 Å². The highest BCUT2D eigenvalue weighted by molar-refractivity contribution is 5.64. The Kier molecular flexibility index (Phi) is 4.73. The zero-order chi connectivity index (χ0) is 10.4. The predicted octanol–water partition coefficient (Wildman–Crippen LogP) is 1.59. The number of aliphatic hydroxyl groups excluding tert-OH is 1. The molecule has 1 amide bonds. The monoisotopic (exact) mass is 201 g/mol. The molecular formula is C10H19NO3. The molecule has 0 aromatic carbocycles. The van der Waals surface area contributed by atoms with Gasteiger partial charge in [0.1, 0.15) is 0 Å². The van der Waals surface area contributed by atoms with Crippen LogP contribution in [0.1, 0.15) is 38.5 Å². The van der Waals surface area contributed by atoms with E-state index in [0.29, 0.717) is 5.92 Å². The number of hydrogen-bond donors (Lipinski definition) is 3. The molecule has 1 atom stereocenters. The van der Waals surface area contributed by atoms with Crippen LogP contribution in [-0.4, -0.2) is 29.0 Å². The van der Waals surface area contributed by atoms with Gasteiger partial charge in [-0.15, -0.1) is 0 Å². The summed E-state index contributed by atoms with van der Waals surface area (Å²) in [4.78, 5) is 10.4. The molecule has 4 nitrogen and oxygen atoms in total. The second kappa shape index (κ2) is 5.86. The molecule has 3 N–H and O–H groups in total. The first-order valence-corrected chi connectivity index (χ1v) is 5.32. The molecule has 14 heavy (non-hydrogen) atoms. The first-order valence-electron chi connectivity index (χ1n) is 5.32. The van der Waals surface area contributed by atoms with Crippen molar-refractivity contribution in [2.75, 3.05) is 6.61 Å². The fourth-order valence-electron chi connectivity index (χ4n) is 2.18. The lowest BCUT2D eigenvalue weighted by atomic mass is 9.85. The van der Waals surface area contributed by atoms with Crippen molar-refractivity contribution >= 4 is 6.09 Å². The van der Waals surface area contributed by atoms with Crippen molar-refractivity contribution in [2.24, 2.45) is 5.92 Å². The van der Waals surface area contributed by atoms with Gasteiger partial charge in [0.2, 0.25) is 0 Å². The van der Waals surface area contributed by atoms with Gasteiger partial charge >= 0.3 is 6.09 Å². The number of carbonyl (C=O) groups is 1. The van der Waals surface area contributed by atoms with Crippen molar-refractivity contribution in [1.29, 1.82) is 0 Å². The van der Waals surface area contributed by atoms with Crippen molar-refractivity contribution < 1.29 is 15.0 Å². The molecule has 0 unspecified atom stereocenters. The van der Waals surface area contributed by atoms with Gasteiger partial charge in [0.05, 0.1) is 12.6 Å². The lowest BCUT2D eigenvalue weighted by molar-refractivity contribution is 0.166. The third-order valence-electron chi connectivity index (χ3n) is 2.89. The fraction of sp³-hybridized carbons (Fsp3) is 0.900. The SMILES string of the molecule is O=C(O)N[C@H](CO)CC1CCCCC1. The summed E-state index contributed by atoms with van der Waals surface area (Å²) in [6.07, 6.45) is 5.89. The Hall–Kier alpha value is -0.770. The first-order chi connectivity index (χ1) is 6.72. The van der Waals surface area contributed by atoms with E-state index in [1.165, 1.54) is 32.1 Å². The number of aliphatic hydroxyl groups is 1. The smallest absolute Gasteiger partial charge is 0.404 e. The van der Waals surface area contributed by atoms with Gasteiger partial charge in [-0.25, -0.2) is 4.79 Å². The second-order valence-electron chi connectivity index (χ2n) is 4.07. The normalized spacial score (nSPS) is 20.4. The number of rotatable bonds is 4. The van der Waals surface area contributed by atoms with Crippen LogP contribution in [0.4, 0.5) is 4.79 Å². The molecule has 82 valence electrons.